The Morgan fingerprint density at radius 2 is 0.769 bits per heavy atom. The zero-order valence-corrected chi connectivity index (χ0v) is 60.7. The first-order valence-electron chi connectivity index (χ1n) is 35.4. The van der Waals surface area contributed by atoms with Crippen LogP contribution in [0.15, 0.2) is 145 Å². The molecule has 0 amide bonds. The van der Waals surface area contributed by atoms with Gasteiger partial charge in [-0.25, -0.2) is 29.6 Å². The molecule has 7 aromatic rings. The number of unbranched alkanes of at least 4 members (excludes halogenated alkanes) is 6. The lowest BCUT2D eigenvalue weighted by atomic mass is 9.82. The Morgan fingerprint density at radius 3 is 1.12 bits per heavy atom. The van der Waals surface area contributed by atoms with E-state index in [4.69, 9.17) is 77.0 Å². The van der Waals surface area contributed by atoms with E-state index in [-0.39, 0.29) is 48.9 Å². The number of nitrogens with zero attached hydrogens (tertiary/aromatic N) is 6. The van der Waals surface area contributed by atoms with Crippen LogP contribution in [0, 0.1) is 23.7 Å². The maximum absolute atomic E-state index is 14.7. The van der Waals surface area contributed by atoms with E-state index in [1.54, 1.807) is 84.9 Å². The van der Waals surface area contributed by atoms with Crippen molar-refractivity contribution in [3.8, 4) is 34.5 Å². The van der Waals surface area contributed by atoms with E-state index in [2.05, 4.69) is 13.2 Å². The van der Waals surface area contributed by atoms with Gasteiger partial charge in [-0.05, 0) is 188 Å². The maximum Gasteiger partial charge on any atom is 0.330 e. The number of hydrogen-bond acceptors (Lipinski definition) is 26. The third-order valence-corrected chi connectivity index (χ3v) is 19.5. The van der Waals surface area contributed by atoms with Gasteiger partial charge in [0.1, 0.15) is 34.5 Å². The molecule has 0 bridgehead atoms. The minimum atomic E-state index is -0.602. The van der Waals surface area contributed by atoms with Crippen LogP contribution in [-0.2, 0) is 57.2 Å². The van der Waals surface area contributed by atoms with Gasteiger partial charge in [-0.15, -0.1) is 0 Å². The number of methoxy groups -OCH3 is 2. The number of anilines is 2. The van der Waals surface area contributed by atoms with Crippen molar-refractivity contribution in [3.05, 3.63) is 146 Å². The minimum absolute atomic E-state index is 0.0860. The molecule has 2 aromatic heterocycles. The zero-order chi connectivity index (χ0) is 73.1. The second-order valence-electron chi connectivity index (χ2n) is 24.8. The second kappa shape index (κ2) is 43.0. The average Bonchev–Trinajstić information content (AvgIpc) is 1.12. The molecule has 2 fully saturated rings. The predicted molar refractivity (Wildman–Crippen MR) is 398 cm³/mol. The highest BCUT2D eigenvalue weighted by atomic mass is 32.1. The summed E-state index contributed by atoms with van der Waals surface area (Å²) in [6, 6.07) is 32.4. The number of benzene rings is 5. The molecule has 0 spiro atoms. The molecular weight excluding hydrogens is 1370 g/mol. The lowest BCUT2D eigenvalue weighted by molar-refractivity contribution is -0.145. The van der Waals surface area contributed by atoms with Crippen molar-refractivity contribution in [2.24, 2.45) is 33.9 Å². The second-order valence-corrected chi connectivity index (χ2v) is 26.8. The highest BCUT2D eigenvalue weighted by molar-refractivity contribution is 7.22. The first-order valence-corrected chi connectivity index (χ1v) is 37.1. The van der Waals surface area contributed by atoms with Gasteiger partial charge in [0.25, 0.3) is 0 Å². The number of carbonyl (C=O) groups excluding carboxylic acids is 6. The van der Waals surface area contributed by atoms with Crippen LogP contribution in [-0.4, -0.2) is 152 Å². The molecule has 2 aliphatic carbocycles. The zero-order valence-electron chi connectivity index (χ0n) is 59.1. The Kier molecular flexibility index (Phi) is 32.5. The van der Waals surface area contributed by atoms with Crippen LogP contribution < -0.4 is 38.4 Å². The fourth-order valence-corrected chi connectivity index (χ4v) is 13.4. The summed E-state index contributed by atoms with van der Waals surface area (Å²) in [6.45, 7) is 10.9. The van der Waals surface area contributed by atoms with Crippen LogP contribution in [0.4, 0.5) is 10.3 Å². The molecule has 2 heterocycles. The molecule has 0 radical (unpaired) electrons. The highest BCUT2D eigenvalue weighted by Crippen LogP contribution is 2.38. The van der Waals surface area contributed by atoms with Gasteiger partial charge in [-0.3, -0.25) is 19.2 Å². The number of thiazole rings is 2. The first kappa shape index (κ1) is 78.7. The highest BCUT2D eigenvalue weighted by Gasteiger charge is 2.35. The Labute approximate surface area is 614 Å². The van der Waals surface area contributed by atoms with Crippen molar-refractivity contribution < 1.29 is 85.6 Å². The van der Waals surface area contributed by atoms with E-state index in [0.717, 1.165) is 84.0 Å². The molecule has 2 aliphatic rings. The number of rotatable bonds is 44. The van der Waals surface area contributed by atoms with Crippen molar-refractivity contribution in [2.75, 3.05) is 103 Å². The van der Waals surface area contributed by atoms with Crippen LogP contribution in [0.25, 0.3) is 20.4 Å². The molecule has 9 rings (SSSR count). The summed E-state index contributed by atoms with van der Waals surface area (Å²) in [5, 5.41) is 14.7. The Bertz CT molecular complexity index is 3640. The van der Waals surface area contributed by atoms with E-state index in [1.807, 2.05) is 48.5 Å². The van der Waals surface area contributed by atoms with Gasteiger partial charge in [0, 0.05) is 26.4 Å². The smallest absolute Gasteiger partial charge is 0.330 e. The molecule has 2 saturated carbocycles. The monoisotopic (exact) mass is 1460 g/mol. The molecule has 5 aromatic carbocycles. The number of aromatic nitrogens is 2. The van der Waals surface area contributed by atoms with Crippen molar-refractivity contribution in [1.82, 2.24) is 9.97 Å². The lowest BCUT2D eigenvalue weighted by Crippen LogP contribution is -2.31. The fourth-order valence-electron chi connectivity index (χ4n) is 11.5. The molecule has 26 heteroatoms. The molecule has 554 valence electrons. The summed E-state index contributed by atoms with van der Waals surface area (Å²) in [5.41, 5.74) is 2.00. The SMILES string of the molecule is C=CC(=O)OCCCCCCOc1ccc(OC(=O)C2CCC(C(=O)Oc3ccc(OC(=O)C4CCC(C(=O)Oc5ccc(OCCCCCCOC(=O)C=C)cc5)CC4)c(/C=N/N(CCOCCOC)c4nc5ccccc5s4)c3/C=N/N(CCOCCOC)c3nc4ccccc4s3)CC2)cc1. The largest absolute Gasteiger partial charge is 0.494 e. The Hall–Kier alpha value is -9.44. The quantitative estimate of drug-likeness (QED) is 0.00857. The van der Waals surface area contributed by atoms with Crippen LogP contribution in [0.1, 0.15) is 114 Å². The third kappa shape index (κ3) is 25.2. The van der Waals surface area contributed by atoms with Crippen molar-refractivity contribution in [1.29, 1.82) is 0 Å². The number of hydrogen-bond donors (Lipinski definition) is 0. The van der Waals surface area contributed by atoms with Gasteiger partial charge < -0.3 is 56.8 Å². The van der Waals surface area contributed by atoms with E-state index in [0.29, 0.717) is 137 Å². The molecule has 0 N–H and O–H groups in total. The number of fused-ring (bicyclic) bond motifs is 2. The molecular formula is C78H92N6O18S2. The van der Waals surface area contributed by atoms with Crippen LogP contribution in [0.5, 0.6) is 34.5 Å². The number of ether oxygens (including phenoxy) is 12. The lowest BCUT2D eigenvalue weighted by Gasteiger charge is -2.27. The average molecular weight is 1470 g/mol. The molecule has 24 nitrogen and oxygen atoms in total. The Balaban J connectivity index is 0.935. The molecule has 0 atom stereocenters. The van der Waals surface area contributed by atoms with E-state index >= 15 is 0 Å². The summed E-state index contributed by atoms with van der Waals surface area (Å²) < 4.78 is 70.8. The Morgan fingerprint density at radius 1 is 0.423 bits per heavy atom. The number of esters is 6. The van der Waals surface area contributed by atoms with Gasteiger partial charge in [-0.2, -0.15) is 10.2 Å². The summed E-state index contributed by atoms with van der Waals surface area (Å²) in [4.78, 5) is 89.2. The summed E-state index contributed by atoms with van der Waals surface area (Å²) >= 11 is 2.86. The summed E-state index contributed by atoms with van der Waals surface area (Å²) in [6.07, 6.45) is 15.0. The number of para-hydroxylation sites is 2. The minimum Gasteiger partial charge on any atom is -0.494 e. The molecule has 104 heavy (non-hydrogen) atoms. The van der Waals surface area contributed by atoms with Crippen molar-refractivity contribution in [2.45, 2.75) is 103 Å². The standard InChI is InChI=1S/C78H92N6O18S2/c1-5-71(85)97-45-17-9-7-15-43-95-59-31-35-61(36-32-59)99-73(87)55-23-27-57(28-24-55)75(89)101-67-39-40-68(102-76(90)58-29-25-56(26-30-58)74(88)100-62-37-33-60(34-38-62)96-44-16-8-10-18-46-98-72(86)6-2)64(54-80-84(42-48-94-52-50-92-4)78-82-66-20-12-14-22-70(66)104-78)63(67)53-79-83(41-47-93-51-49-91-3)77-81-65-19-11-13-21-69(65)103-77/h5-6,11-14,19-22,31-40,53-58H,1-2,7-10,15-18,23-30,41-52H2,3-4H3/b79-53+,80-54+. The molecule has 0 saturated heterocycles. The van der Waals surface area contributed by atoms with Gasteiger partial charge >= 0.3 is 35.8 Å². The summed E-state index contributed by atoms with van der Waals surface area (Å²) in [5.74, 6) is -2.67. The number of carbonyl (C=O) groups is 6. The van der Waals surface area contributed by atoms with Crippen molar-refractivity contribution in [3.63, 3.8) is 0 Å². The van der Waals surface area contributed by atoms with E-state index in [1.165, 1.54) is 35.1 Å². The van der Waals surface area contributed by atoms with Gasteiger partial charge in [-0.1, -0.05) is 60.1 Å². The van der Waals surface area contributed by atoms with Gasteiger partial charge in [0.05, 0.1) is 147 Å². The summed E-state index contributed by atoms with van der Waals surface area (Å²) in [7, 11) is 3.20. The topological polar surface area (TPSA) is 270 Å². The normalized spacial score (nSPS) is 15.9. The predicted octanol–water partition coefficient (Wildman–Crippen LogP) is 13.9. The maximum atomic E-state index is 14.7. The van der Waals surface area contributed by atoms with Crippen molar-refractivity contribution >= 4 is 102 Å². The van der Waals surface area contributed by atoms with Gasteiger partial charge in [0.2, 0.25) is 10.3 Å². The fraction of sp³-hybridized carbons (Fsp3) is 0.436. The first-order chi connectivity index (χ1) is 50.9. The molecule has 0 unspecified atom stereocenters. The third-order valence-electron chi connectivity index (χ3n) is 17.4. The van der Waals surface area contributed by atoms with Gasteiger partial charge in [0.15, 0.2) is 0 Å². The van der Waals surface area contributed by atoms with Crippen LogP contribution in [0.2, 0.25) is 0 Å². The van der Waals surface area contributed by atoms with Crippen LogP contribution in [0.3, 0.4) is 0 Å². The van der Waals surface area contributed by atoms with Crippen LogP contribution >= 0.6 is 22.7 Å². The van der Waals surface area contributed by atoms with E-state index < -0.39 is 59.5 Å². The number of hydrazone groups is 2. The van der Waals surface area contributed by atoms with E-state index in [9.17, 15) is 28.8 Å². The molecule has 0 aliphatic heterocycles.